The van der Waals surface area contributed by atoms with E-state index in [9.17, 15) is 4.79 Å². The zero-order valence-corrected chi connectivity index (χ0v) is 15.2. The summed E-state index contributed by atoms with van der Waals surface area (Å²) < 4.78 is 7.18. The Morgan fingerprint density at radius 1 is 1.31 bits per heavy atom. The lowest BCUT2D eigenvalue weighted by atomic mass is 10.1. The molecule has 0 spiro atoms. The van der Waals surface area contributed by atoms with E-state index in [0.717, 1.165) is 41.1 Å². The molecule has 0 aliphatic heterocycles. The van der Waals surface area contributed by atoms with Gasteiger partial charge in [0.2, 0.25) is 0 Å². The molecule has 2 aromatic heterocycles. The van der Waals surface area contributed by atoms with Crippen LogP contribution < -0.4 is 5.32 Å². The van der Waals surface area contributed by atoms with Crippen LogP contribution in [0.1, 0.15) is 64.8 Å². The Labute approximate surface area is 152 Å². The van der Waals surface area contributed by atoms with E-state index in [-0.39, 0.29) is 11.9 Å². The van der Waals surface area contributed by atoms with Crippen molar-refractivity contribution < 1.29 is 9.32 Å². The quantitative estimate of drug-likeness (QED) is 0.759. The van der Waals surface area contributed by atoms with Crippen LogP contribution in [0.25, 0.3) is 5.69 Å². The van der Waals surface area contributed by atoms with Crippen molar-refractivity contribution in [3.63, 3.8) is 0 Å². The Hall–Kier alpha value is -2.89. The summed E-state index contributed by atoms with van der Waals surface area (Å²) >= 11 is 0. The number of nitrogens with one attached hydrogen (secondary N) is 1. The molecule has 6 nitrogen and oxygen atoms in total. The molecule has 1 fully saturated rings. The van der Waals surface area contributed by atoms with Crippen molar-refractivity contribution >= 4 is 5.91 Å². The van der Waals surface area contributed by atoms with E-state index < -0.39 is 0 Å². The van der Waals surface area contributed by atoms with Gasteiger partial charge < -0.3 is 9.84 Å². The first-order valence-corrected chi connectivity index (χ1v) is 8.92. The number of aromatic nitrogens is 3. The molecule has 2 heterocycles. The van der Waals surface area contributed by atoms with Crippen LogP contribution in [-0.4, -0.2) is 20.8 Å². The van der Waals surface area contributed by atoms with Crippen LogP contribution >= 0.6 is 0 Å². The van der Waals surface area contributed by atoms with E-state index >= 15 is 0 Å². The number of hydrogen-bond donors (Lipinski definition) is 1. The second-order valence-corrected chi connectivity index (χ2v) is 6.97. The third-order valence-corrected chi connectivity index (χ3v) is 4.95. The van der Waals surface area contributed by atoms with E-state index in [0.29, 0.717) is 11.6 Å². The fourth-order valence-electron chi connectivity index (χ4n) is 3.20. The normalized spacial score (nSPS) is 15.0. The van der Waals surface area contributed by atoms with Crippen molar-refractivity contribution in [1.82, 2.24) is 20.3 Å². The number of carbonyl (C=O) groups is 1. The molecule has 1 aliphatic carbocycles. The lowest BCUT2D eigenvalue weighted by Crippen LogP contribution is -2.27. The van der Waals surface area contributed by atoms with Crippen molar-refractivity contribution in [3.05, 3.63) is 64.8 Å². The van der Waals surface area contributed by atoms with Crippen LogP contribution in [0.15, 0.2) is 41.1 Å². The highest BCUT2D eigenvalue weighted by molar-refractivity contribution is 5.92. The van der Waals surface area contributed by atoms with Gasteiger partial charge in [0.15, 0.2) is 5.69 Å². The highest BCUT2D eigenvalue weighted by Gasteiger charge is 2.29. The maximum absolute atomic E-state index is 12.5. The van der Waals surface area contributed by atoms with Gasteiger partial charge in [0.1, 0.15) is 5.76 Å². The highest BCUT2D eigenvalue weighted by Crippen LogP contribution is 2.40. The second kappa shape index (κ2) is 6.44. The first-order chi connectivity index (χ1) is 12.5. The summed E-state index contributed by atoms with van der Waals surface area (Å²) in [5.41, 5.74) is 4.51. The average molecular weight is 350 g/mol. The molecule has 1 aliphatic rings. The summed E-state index contributed by atoms with van der Waals surface area (Å²) in [5.74, 6) is 1.03. The Morgan fingerprint density at radius 3 is 2.81 bits per heavy atom. The average Bonchev–Trinajstić information content (AvgIpc) is 3.22. The minimum atomic E-state index is -0.226. The second-order valence-electron chi connectivity index (χ2n) is 6.97. The molecule has 26 heavy (non-hydrogen) atoms. The minimum Gasteiger partial charge on any atom is -0.360 e. The monoisotopic (exact) mass is 350 g/mol. The molecule has 1 amide bonds. The molecular formula is C20H22N4O2. The Balaban J connectivity index is 1.52. The number of amides is 1. The summed E-state index contributed by atoms with van der Waals surface area (Å²) in [4.78, 5) is 12.5. The van der Waals surface area contributed by atoms with Gasteiger partial charge in [-0.15, -0.1) is 0 Å². The van der Waals surface area contributed by atoms with Crippen molar-refractivity contribution in [2.45, 2.75) is 45.6 Å². The molecule has 1 saturated carbocycles. The van der Waals surface area contributed by atoms with Crippen molar-refractivity contribution in [2.75, 3.05) is 0 Å². The number of para-hydroxylation sites is 1. The van der Waals surface area contributed by atoms with Gasteiger partial charge in [-0.25, -0.2) is 4.68 Å². The number of benzene rings is 1. The van der Waals surface area contributed by atoms with E-state index in [4.69, 9.17) is 4.52 Å². The van der Waals surface area contributed by atoms with Crippen molar-refractivity contribution in [2.24, 2.45) is 0 Å². The summed E-state index contributed by atoms with van der Waals surface area (Å²) in [6.45, 7) is 6.02. The molecule has 4 rings (SSSR count). The SMILES string of the molecule is Cc1ccccc1-n1ncc(C(C)NC(=O)c2cc(C3CC3)on2)c1C. The molecule has 1 atom stereocenters. The lowest BCUT2D eigenvalue weighted by molar-refractivity contribution is 0.0930. The predicted molar refractivity (Wildman–Crippen MR) is 97.4 cm³/mol. The van der Waals surface area contributed by atoms with Gasteiger partial charge in [0, 0.05) is 23.2 Å². The van der Waals surface area contributed by atoms with Gasteiger partial charge in [0.25, 0.3) is 5.91 Å². The predicted octanol–water partition coefficient (Wildman–Crippen LogP) is 3.85. The number of hydrogen-bond acceptors (Lipinski definition) is 4. The van der Waals surface area contributed by atoms with Gasteiger partial charge in [-0.3, -0.25) is 4.79 Å². The Morgan fingerprint density at radius 2 is 2.08 bits per heavy atom. The zero-order valence-electron chi connectivity index (χ0n) is 15.2. The standard InChI is InChI=1S/C20H22N4O2/c1-12-6-4-5-7-18(12)24-14(3)16(11-21-24)13(2)22-20(25)17-10-19(26-23-17)15-8-9-15/h4-7,10-11,13,15H,8-9H2,1-3H3,(H,22,25). The van der Waals surface area contributed by atoms with Crippen LogP contribution in [-0.2, 0) is 0 Å². The summed E-state index contributed by atoms with van der Waals surface area (Å²) in [6.07, 6.45) is 4.04. The van der Waals surface area contributed by atoms with E-state index in [1.165, 1.54) is 0 Å². The van der Waals surface area contributed by atoms with E-state index in [1.807, 2.05) is 42.9 Å². The Kier molecular flexibility index (Phi) is 4.11. The molecule has 0 radical (unpaired) electrons. The lowest BCUT2D eigenvalue weighted by Gasteiger charge is -2.14. The topological polar surface area (TPSA) is 73.0 Å². The largest absolute Gasteiger partial charge is 0.360 e. The van der Waals surface area contributed by atoms with Gasteiger partial charge in [0.05, 0.1) is 17.9 Å². The first-order valence-electron chi connectivity index (χ1n) is 8.92. The third kappa shape index (κ3) is 3.03. The molecule has 0 bridgehead atoms. The van der Waals surface area contributed by atoms with Gasteiger partial charge in [-0.1, -0.05) is 23.4 Å². The van der Waals surface area contributed by atoms with Gasteiger partial charge in [-0.2, -0.15) is 5.10 Å². The van der Waals surface area contributed by atoms with E-state index in [2.05, 4.69) is 28.6 Å². The molecule has 0 saturated heterocycles. The number of rotatable bonds is 5. The van der Waals surface area contributed by atoms with Crippen molar-refractivity contribution in [1.29, 1.82) is 0 Å². The summed E-state index contributed by atoms with van der Waals surface area (Å²) in [5, 5.41) is 11.4. The zero-order chi connectivity index (χ0) is 18.3. The first kappa shape index (κ1) is 16.6. The minimum absolute atomic E-state index is 0.179. The third-order valence-electron chi connectivity index (χ3n) is 4.95. The molecule has 1 aromatic carbocycles. The summed E-state index contributed by atoms with van der Waals surface area (Å²) in [7, 11) is 0. The van der Waals surface area contributed by atoms with Crippen LogP contribution in [0, 0.1) is 13.8 Å². The smallest absolute Gasteiger partial charge is 0.273 e. The summed E-state index contributed by atoms with van der Waals surface area (Å²) in [6, 6.07) is 9.68. The van der Waals surface area contributed by atoms with Crippen molar-refractivity contribution in [3.8, 4) is 5.69 Å². The van der Waals surface area contributed by atoms with Crippen LogP contribution in [0.4, 0.5) is 0 Å². The highest BCUT2D eigenvalue weighted by atomic mass is 16.5. The number of nitrogens with zero attached hydrogens (tertiary/aromatic N) is 3. The van der Waals surface area contributed by atoms with Crippen LogP contribution in [0.2, 0.25) is 0 Å². The molecule has 134 valence electrons. The maximum atomic E-state index is 12.5. The fourth-order valence-corrected chi connectivity index (χ4v) is 3.20. The molecule has 1 unspecified atom stereocenters. The number of carbonyl (C=O) groups excluding carboxylic acids is 1. The van der Waals surface area contributed by atoms with Crippen LogP contribution in [0.5, 0.6) is 0 Å². The molecule has 3 aromatic rings. The fraction of sp³-hybridized carbons (Fsp3) is 0.350. The molecule has 1 N–H and O–H groups in total. The van der Waals surface area contributed by atoms with Crippen LogP contribution in [0.3, 0.4) is 0 Å². The number of aryl methyl sites for hydroxylation is 1. The van der Waals surface area contributed by atoms with E-state index in [1.54, 1.807) is 6.07 Å². The van der Waals surface area contributed by atoms with Gasteiger partial charge >= 0.3 is 0 Å². The Bertz CT molecular complexity index is 952. The van der Waals surface area contributed by atoms with Gasteiger partial charge in [-0.05, 0) is 45.2 Å². The molecule has 6 heteroatoms. The maximum Gasteiger partial charge on any atom is 0.273 e. The molecular weight excluding hydrogens is 328 g/mol.